The number of furan rings is 1. The number of carboxylic acids is 2. The molecule has 0 aliphatic rings. The van der Waals surface area contributed by atoms with Crippen LogP contribution < -0.4 is 0 Å². The van der Waals surface area contributed by atoms with E-state index in [0.29, 0.717) is 5.76 Å². The van der Waals surface area contributed by atoms with Gasteiger partial charge >= 0.3 is 17.9 Å². The molecule has 1 aromatic rings. The Hall–Kier alpha value is -2.31. The molecule has 1 heterocycles. The van der Waals surface area contributed by atoms with Gasteiger partial charge in [-0.1, -0.05) is 0 Å². The first-order valence-electron chi connectivity index (χ1n) is 4.61. The second-order valence-corrected chi connectivity index (χ2v) is 3.28. The molecule has 0 radical (unpaired) electrons. The van der Waals surface area contributed by atoms with Crippen LogP contribution in [0.4, 0.5) is 0 Å². The number of hydrogen-bond acceptors (Lipinski definition) is 5. The highest BCUT2D eigenvalue weighted by Crippen LogP contribution is 2.10. The van der Waals surface area contributed by atoms with E-state index in [1.54, 1.807) is 6.92 Å². The summed E-state index contributed by atoms with van der Waals surface area (Å²) >= 11 is 0. The number of carbonyl (C=O) groups excluding carboxylic acids is 1. The van der Waals surface area contributed by atoms with E-state index >= 15 is 0 Å². The lowest BCUT2D eigenvalue weighted by Crippen LogP contribution is -2.29. The van der Waals surface area contributed by atoms with Gasteiger partial charge in [-0.15, -0.1) is 0 Å². The molecule has 0 bridgehead atoms. The van der Waals surface area contributed by atoms with Gasteiger partial charge in [0.15, 0.2) is 0 Å². The molecule has 0 aliphatic heterocycles. The predicted molar refractivity (Wildman–Crippen MR) is 52.5 cm³/mol. The fourth-order valence-corrected chi connectivity index (χ4v) is 1.09. The standard InChI is InChI=1S/C10H10O7/c1-5-2-6(4-16-5)10(15)17-7(9(13)14)3-8(11)12/h2,4,7H,3H2,1H3,(H,11,12)(H,13,14). The molecule has 7 heteroatoms. The molecule has 0 aliphatic carbocycles. The Morgan fingerprint density at radius 3 is 2.47 bits per heavy atom. The molecule has 0 saturated heterocycles. The summed E-state index contributed by atoms with van der Waals surface area (Å²) in [7, 11) is 0. The lowest BCUT2D eigenvalue weighted by molar-refractivity contribution is -0.153. The van der Waals surface area contributed by atoms with Crippen molar-refractivity contribution in [1.82, 2.24) is 0 Å². The Kier molecular flexibility index (Phi) is 3.86. The molecular formula is C10H10O7. The first-order chi connectivity index (χ1) is 7.90. The Balaban J connectivity index is 2.70. The van der Waals surface area contributed by atoms with Gasteiger partial charge in [0, 0.05) is 0 Å². The molecule has 0 fully saturated rings. The van der Waals surface area contributed by atoms with E-state index in [4.69, 9.17) is 14.6 Å². The number of carbonyl (C=O) groups is 3. The van der Waals surface area contributed by atoms with Crippen molar-refractivity contribution in [2.75, 3.05) is 0 Å². The van der Waals surface area contributed by atoms with E-state index in [1.165, 1.54) is 6.07 Å². The minimum Gasteiger partial charge on any atom is -0.481 e. The molecule has 1 rings (SSSR count). The highest BCUT2D eigenvalue weighted by Gasteiger charge is 2.26. The molecule has 2 N–H and O–H groups in total. The summed E-state index contributed by atoms with van der Waals surface area (Å²) < 4.78 is 9.39. The topological polar surface area (TPSA) is 114 Å². The van der Waals surface area contributed by atoms with Crippen LogP contribution >= 0.6 is 0 Å². The van der Waals surface area contributed by atoms with Crippen LogP contribution in [0.5, 0.6) is 0 Å². The van der Waals surface area contributed by atoms with E-state index in [2.05, 4.69) is 4.74 Å². The minimum absolute atomic E-state index is 0.0409. The van der Waals surface area contributed by atoms with E-state index in [9.17, 15) is 14.4 Å². The fourth-order valence-electron chi connectivity index (χ4n) is 1.09. The number of hydrogen-bond donors (Lipinski definition) is 2. The average molecular weight is 242 g/mol. The zero-order chi connectivity index (χ0) is 13.0. The summed E-state index contributed by atoms with van der Waals surface area (Å²) in [5.74, 6) is -3.35. The zero-order valence-electron chi connectivity index (χ0n) is 8.87. The molecule has 1 atom stereocenters. The maximum absolute atomic E-state index is 11.4. The molecule has 0 saturated carbocycles. The normalized spacial score (nSPS) is 11.8. The fraction of sp³-hybridized carbons (Fsp3) is 0.300. The van der Waals surface area contributed by atoms with Crippen LogP contribution in [0.25, 0.3) is 0 Å². The second-order valence-electron chi connectivity index (χ2n) is 3.28. The number of ether oxygens (including phenoxy) is 1. The van der Waals surface area contributed by atoms with E-state index < -0.39 is 30.4 Å². The number of aryl methyl sites for hydroxylation is 1. The average Bonchev–Trinajstić information content (AvgIpc) is 2.63. The van der Waals surface area contributed by atoms with Crippen molar-refractivity contribution >= 4 is 17.9 Å². The second kappa shape index (κ2) is 5.15. The van der Waals surface area contributed by atoms with Crippen molar-refractivity contribution in [2.45, 2.75) is 19.4 Å². The molecule has 0 aromatic carbocycles. The van der Waals surface area contributed by atoms with Crippen LogP contribution in [0.1, 0.15) is 22.5 Å². The summed E-state index contributed by atoms with van der Waals surface area (Å²) in [6, 6.07) is 1.36. The van der Waals surface area contributed by atoms with Gasteiger partial charge in [-0.25, -0.2) is 9.59 Å². The molecule has 1 aromatic heterocycles. The summed E-state index contributed by atoms with van der Waals surface area (Å²) in [6.07, 6.45) is -1.40. The molecule has 7 nitrogen and oxygen atoms in total. The van der Waals surface area contributed by atoms with Gasteiger partial charge < -0.3 is 19.4 Å². The summed E-state index contributed by atoms with van der Waals surface area (Å²) in [5.41, 5.74) is 0.0409. The van der Waals surface area contributed by atoms with Gasteiger partial charge in [-0.05, 0) is 13.0 Å². The third-order valence-corrected chi connectivity index (χ3v) is 1.85. The number of rotatable bonds is 5. The SMILES string of the molecule is Cc1cc(C(=O)OC(CC(=O)O)C(=O)O)co1. The molecule has 0 spiro atoms. The van der Waals surface area contributed by atoms with Crippen molar-refractivity contribution < 1.29 is 33.8 Å². The summed E-state index contributed by atoms with van der Waals surface area (Å²) in [6.45, 7) is 1.60. The predicted octanol–water partition coefficient (Wildman–Crippen LogP) is 0.673. The highest BCUT2D eigenvalue weighted by atomic mass is 16.6. The van der Waals surface area contributed by atoms with Gasteiger partial charge in [0.2, 0.25) is 6.10 Å². The zero-order valence-corrected chi connectivity index (χ0v) is 8.87. The Morgan fingerprint density at radius 2 is 2.06 bits per heavy atom. The Bertz CT molecular complexity index is 445. The first kappa shape index (κ1) is 12.8. The molecule has 0 amide bonds. The van der Waals surface area contributed by atoms with Crippen molar-refractivity contribution in [3.63, 3.8) is 0 Å². The van der Waals surface area contributed by atoms with Crippen molar-refractivity contribution in [1.29, 1.82) is 0 Å². The molecular weight excluding hydrogens is 232 g/mol. The maximum atomic E-state index is 11.4. The molecule has 17 heavy (non-hydrogen) atoms. The quantitative estimate of drug-likeness (QED) is 0.729. The number of aliphatic carboxylic acids is 2. The van der Waals surface area contributed by atoms with E-state index in [1.807, 2.05) is 0 Å². The van der Waals surface area contributed by atoms with Crippen molar-refractivity contribution in [2.24, 2.45) is 0 Å². The maximum Gasteiger partial charge on any atom is 0.345 e. The Labute approximate surface area is 95.6 Å². The third-order valence-electron chi connectivity index (χ3n) is 1.85. The molecule has 92 valence electrons. The van der Waals surface area contributed by atoms with Gasteiger partial charge in [0.25, 0.3) is 0 Å². The van der Waals surface area contributed by atoms with E-state index in [-0.39, 0.29) is 5.56 Å². The van der Waals surface area contributed by atoms with Gasteiger partial charge in [0.05, 0.1) is 12.0 Å². The lowest BCUT2D eigenvalue weighted by atomic mass is 10.2. The minimum atomic E-state index is -1.71. The van der Waals surface area contributed by atoms with Crippen LogP contribution in [0.2, 0.25) is 0 Å². The van der Waals surface area contributed by atoms with Gasteiger partial charge in [-0.3, -0.25) is 4.79 Å². The van der Waals surface area contributed by atoms with Crippen LogP contribution in [0, 0.1) is 6.92 Å². The van der Waals surface area contributed by atoms with Crippen molar-refractivity contribution in [3.8, 4) is 0 Å². The lowest BCUT2D eigenvalue weighted by Gasteiger charge is -2.10. The van der Waals surface area contributed by atoms with Crippen LogP contribution in [-0.2, 0) is 14.3 Å². The van der Waals surface area contributed by atoms with Crippen LogP contribution in [0.15, 0.2) is 16.7 Å². The molecule has 1 unspecified atom stereocenters. The number of carboxylic acid groups (broad SMARTS) is 2. The highest BCUT2D eigenvalue weighted by molar-refractivity contribution is 5.91. The monoisotopic (exact) mass is 242 g/mol. The van der Waals surface area contributed by atoms with Crippen LogP contribution in [0.3, 0.4) is 0 Å². The van der Waals surface area contributed by atoms with Crippen molar-refractivity contribution in [3.05, 3.63) is 23.7 Å². The van der Waals surface area contributed by atoms with Gasteiger partial charge in [0.1, 0.15) is 12.0 Å². The number of esters is 1. The summed E-state index contributed by atoms with van der Waals surface area (Å²) in [4.78, 5) is 32.4. The Morgan fingerprint density at radius 1 is 1.41 bits per heavy atom. The first-order valence-corrected chi connectivity index (χ1v) is 4.61. The largest absolute Gasteiger partial charge is 0.481 e. The smallest absolute Gasteiger partial charge is 0.345 e. The third kappa shape index (κ3) is 3.63. The van der Waals surface area contributed by atoms with Crippen LogP contribution in [-0.4, -0.2) is 34.2 Å². The summed E-state index contributed by atoms with van der Waals surface area (Å²) in [5, 5.41) is 17.1. The van der Waals surface area contributed by atoms with Gasteiger partial charge in [-0.2, -0.15) is 0 Å². The van der Waals surface area contributed by atoms with E-state index in [0.717, 1.165) is 6.26 Å².